The van der Waals surface area contributed by atoms with Crippen molar-refractivity contribution in [1.29, 1.82) is 0 Å². The van der Waals surface area contributed by atoms with E-state index in [0.29, 0.717) is 5.71 Å². The number of carbonyl (C=O) groups excluding carboxylic acids is 1. The SMILES string of the molecule is COC(=O)C1=NN=C2c3ccccc3-c3ccccc3C12c1ccccc1. The zero-order valence-corrected chi connectivity index (χ0v) is 14.7. The van der Waals surface area contributed by atoms with E-state index in [9.17, 15) is 4.79 Å². The van der Waals surface area contributed by atoms with Crippen LogP contribution in [-0.4, -0.2) is 24.5 Å². The molecule has 1 unspecified atom stereocenters. The summed E-state index contributed by atoms with van der Waals surface area (Å²) in [6, 6.07) is 26.2. The number of rotatable bonds is 2. The van der Waals surface area contributed by atoms with Crippen LogP contribution in [0.3, 0.4) is 0 Å². The summed E-state index contributed by atoms with van der Waals surface area (Å²) in [5.41, 5.74) is 5.30. The number of benzene rings is 3. The largest absolute Gasteiger partial charge is 0.464 e. The molecule has 1 aliphatic heterocycles. The molecule has 2 aliphatic rings. The molecular weight excluding hydrogens is 336 g/mol. The van der Waals surface area contributed by atoms with Crippen LogP contribution in [-0.2, 0) is 14.9 Å². The predicted molar refractivity (Wildman–Crippen MR) is 105 cm³/mol. The average molecular weight is 352 g/mol. The van der Waals surface area contributed by atoms with Crippen LogP contribution in [0.5, 0.6) is 0 Å². The maximum atomic E-state index is 12.7. The number of esters is 1. The number of hydrogen-bond donors (Lipinski definition) is 0. The molecule has 1 atom stereocenters. The van der Waals surface area contributed by atoms with E-state index < -0.39 is 11.4 Å². The van der Waals surface area contributed by atoms with Crippen molar-refractivity contribution < 1.29 is 9.53 Å². The number of hydrogen-bond acceptors (Lipinski definition) is 4. The fraction of sp³-hybridized carbons (Fsp3) is 0.0870. The van der Waals surface area contributed by atoms with Gasteiger partial charge in [-0.2, -0.15) is 5.10 Å². The second-order valence-electron chi connectivity index (χ2n) is 6.60. The van der Waals surface area contributed by atoms with E-state index in [2.05, 4.69) is 28.4 Å². The lowest BCUT2D eigenvalue weighted by Crippen LogP contribution is -2.48. The van der Waals surface area contributed by atoms with E-state index in [1.165, 1.54) is 7.11 Å². The van der Waals surface area contributed by atoms with Crippen molar-refractivity contribution in [3.05, 3.63) is 95.6 Å². The monoisotopic (exact) mass is 352 g/mol. The molecule has 0 radical (unpaired) electrons. The van der Waals surface area contributed by atoms with Gasteiger partial charge in [-0.1, -0.05) is 78.9 Å². The first-order chi connectivity index (χ1) is 13.3. The van der Waals surface area contributed by atoms with Gasteiger partial charge in [0.25, 0.3) is 0 Å². The summed E-state index contributed by atoms with van der Waals surface area (Å²) in [6.45, 7) is 0. The van der Waals surface area contributed by atoms with Gasteiger partial charge in [-0.15, -0.1) is 5.10 Å². The normalized spacial score (nSPS) is 19.3. The van der Waals surface area contributed by atoms with Crippen LogP contribution in [0.15, 0.2) is 89.1 Å². The second-order valence-corrected chi connectivity index (χ2v) is 6.60. The Balaban J connectivity index is 1.94. The molecule has 4 nitrogen and oxygen atoms in total. The Morgan fingerprint density at radius 3 is 2.15 bits per heavy atom. The number of carbonyl (C=O) groups is 1. The van der Waals surface area contributed by atoms with Crippen LogP contribution in [0.25, 0.3) is 11.1 Å². The van der Waals surface area contributed by atoms with Crippen LogP contribution in [0, 0.1) is 0 Å². The van der Waals surface area contributed by atoms with E-state index in [1.807, 2.05) is 60.7 Å². The summed E-state index contributed by atoms with van der Waals surface area (Å²) in [7, 11) is 1.38. The van der Waals surface area contributed by atoms with E-state index in [-0.39, 0.29) is 0 Å². The number of ether oxygens (including phenoxy) is 1. The Morgan fingerprint density at radius 1 is 0.778 bits per heavy atom. The number of fused-ring (bicyclic) bond motifs is 6. The minimum Gasteiger partial charge on any atom is -0.464 e. The first-order valence-electron chi connectivity index (χ1n) is 8.78. The van der Waals surface area contributed by atoms with Gasteiger partial charge in [0.1, 0.15) is 5.41 Å². The molecule has 0 amide bonds. The molecule has 0 saturated heterocycles. The van der Waals surface area contributed by atoms with Crippen LogP contribution in [0.4, 0.5) is 0 Å². The van der Waals surface area contributed by atoms with E-state index in [0.717, 1.165) is 33.5 Å². The minimum atomic E-state index is -0.876. The Kier molecular flexibility index (Phi) is 3.34. The van der Waals surface area contributed by atoms with Crippen LogP contribution >= 0.6 is 0 Å². The molecule has 0 N–H and O–H groups in total. The lowest BCUT2D eigenvalue weighted by Gasteiger charge is -2.38. The lowest BCUT2D eigenvalue weighted by molar-refractivity contribution is -0.132. The minimum absolute atomic E-state index is 0.299. The van der Waals surface area contributed by atoms with E-state index in [1.54, 1.807) is 0 Å². The van der Waals surface area contributed by atoms with Crippen molar-refractivity contribution in [2.75, 3.05) is 7.11 Å². The zero-order valence-electron chi connectivity index (χ0n) is 14.7. The molecule has 0 bridgehead atoms. The molecule has 0 fully saturated rings. The molecule has 0 saturated carbocycles. The highest BCUT2D eigenvalue weighted by atomic mass is 16.5. The highest BCUT2D eigenvalue weighted by Crippen LogP contribution is 2.50. The van der Waals surface area contributed by atoms with Gasteiger partial charge in [0.2, 0.25) is 0 Å². The molecule has 130 valence electrons. The Morgan fingerprint density at radius 2 is 1.41 bits per heavy atom. The third-order valence-corrected chi connectivity index (χ3v) is 5.35. The molecule has 3 aromatic rings. The molecule has 3 aromatic carbocycles. The zero-order chi connectivity index (χ0) is 18.4. The van der Waals surface area contributed by atoms with Gasteiger partial charge in [0, 0.05) is 5.56 Å². The summed E-state index contributed by atoms with van der Waals surface area (Å²) >= 11 is 0. The van der Waals surface area contributed by atoms with Crippen LogP contribution in [0.1, 0.15) is 16.7 Å². The third kappa shape index (κ3) is 1.95. The summed E-state index contributed by atoms with van der Waals surface area (Å²) < 4.78 is 5.09. The van der Waals surface area contributed by atoms with Crippen LogP contribution < -0.4 is 0 Å². The molecule has 1 aliphatic carbocycles. The van der Waals surface area contributed by atoms with Crippen LogP contribution in [0.2, 0.25) is 0 Å². The van der Waals surface area contributed by atoms with E-state index >= 15 is 0 Å². The first kappa shape index (κ1) is 15.7. The molecule has 27 heavy (non-hydrogen) atoms. The molecule has 0 aromatic heterocycles. The molecule has 0 spiro atoms. The van der Waals surface area contributed by atoms with Gasteiger partial charge >= 0.3 is 5.97 Å². The number of nitrogens with zero attached hydrogens (tertiary/aromatic N) is 2. The maximum Gasteiger partial charge on any atom is 0.356 e. The quantitative estimate of drug-likeness (QED) is 0.655. The van der Waals surface area contributed by atoms with Crippen molar-refractivity contribution in [2.45, 2.75) is 5.41 Å². The van der Waals surface area contributed by atoms with Crippen molar-refractivity contribution in [1.82, 2.24) is 0 Å². The van der Waals surface area contributed by atoms with Crippen molar-refractivity contribution in [2.24, 2.45) is 10.2 Å². The fourth-order valence-electron chi connectivity index (χ4n) is 4.25. The summed E-state index contributed by atoms with van der Waals surface area (Å²) in [5, 5.41) is 8.83. The Hall–Kier alpha value is -3.53. The summed E-state index contributed by atoms with van der Waals surface area (Å²) in [5.74, 6) is -0.466. The Bertz CT molecular complexity index is 1130. The van der Waals surface area contributed by atoms with E-state index in [4.69, 9.17) is 4.74 Å². The third-order valence-electron chi connectivity index (χ3n) is 5.35. The highest BCUT2D eigenvalue weighted by Gasteiger charge is 2.55. The van der Waals surface area contributed by atoms with Crippen molar-refractivity contribution in [3.8, 4) is 11.1 Å². The fourth-order valence-corrected chi connectivity index (χ4v) is 4.25. The summed E-state index contributed by atoms with van der Waals surface area (Å²) in [6.07, 6.45) is 0. The second kappa shape index (κ2) is 5.74. The standard InChI is InChI=1S/C23H16N2O2/c1-27-22(26)21-23(15-9-3-2-4-10-15)19-14-8-7-12-17(19)16-11-5-6-13-18(16)20(23)24-25-21/h2-14H,1H3. The predicted octanol–water partition coefficient (Wildman–Crippen LogP) is 3.99. The summed E-state index contributed by atoms with van der Waals surface area (Å²) in [4.78, 5) is 12.7. The van der Waals surface area contributed by atoms with Gasteiger partial charge in [-0.3, -0.25) is 0 Å². The first-order valence-corrected chi connectivity index (χ1v) is 8.78. The molecule has 4 heteroatoms. The topological polar surface area (TPSA) is 51.0 Å². The van der Waals surface area contributed by atoms with Gasteiger partial charge in [0.05, 0.1) is 12.8 Å². The van der Waals surface area contributed by atoms with Gasteiger partial charge in [0.15, 0.2) is 5.71 Å². The molecule has 5 rings (SSSR count). The van der Waals surface area contributed by atoms with Gasteiger partial charge in [-0.05, 0) is 22.3 Å². The van der Waals surface area contributed by atoms with Crippen molar-refractivity contribution in [3.63, 3.8) is 0 Å². The van der Waals surface area contributed by atoms with Gasteiger partial charge < -0.3 is 4.74 Å². The van der Waals surface area contributed by atoms with Gasteiger partial charge in [-0.25, -0.2) is 4.79 Å². The maximum absolute atomic E-state index is 12.7. The lowest BCUT2D eigenvalue weighted by atomic mass is 9.61. The smallest absolute Gasteiger partial charge is 0.356 e. The number of methoxy groups -OCH3 is 1. The Labute approximate surface area is 156 Å². The average Bonchev–Trinajstić information content (AvgIpc) is 3.16. The highest BCUT2D eigenvalue weighted by molar-refractivity contribution is 6.50. The molecular formula is C23H16N2O2. The van der Waals surface area contributed by atoms with Crippen molar-refractivity contribution >= 4 is 17.4 Å². The molecule has 1 heterocycles.